The number of carboxylic acid groups (broad SMARTS) is 1. The molecule has 2 aromatic rings. The molecule has 0 spiro atoms. The maximum absolute atomic E-state index is 12.4. The number of benzene rings is 2. The molecule has 4 aliphatic rings. The second-order valence-corrected chi connectivity index (χ2v) is 10.6. The zero-order valence-electron chi connectivity index (χ0n) is 21.2. The van der Waals surface area contributed by atoms with Crippen LogP contribution in [-0.2, 0) is 14.9 Å². The third-order valence-corrected chi connectivity index (χ3v) is 8.22. The molecule has 2 aromatic carbocycles. The van der Waals surface area contributed by atoms with Gasteiger partial charge in [0.1, 0.15) is 16.9 Å². The smallest absolute Gasteiger partial charge is 0.339 e. The van der Waals surface area contributed by atoms with Crippen LogP contribution in [0.3, 0.4) is 0 Å². The molecule has 1 atom stereocenters. The predicted molar refractivity (Wildman–Crippen MR) is 135 cm³/mol. The summed E-state index contributed by atoms with van der Waals surface area (Å²) in [5, 5.41) is 10.2. The number of carbonyl (C=O) groups is 1. The van der Waals surface area contributed by atoms with E-state index in [1.165, 1.54) is 26.4 Å². The Kier molecular flexibility index (Phi) is 6.96. The molecule has 6 rings (SSSR count). The average Bonchev–Trinajstić information content (AvgIpc) is 2.86. The van der Waals surface area contributed by atoms with E-state index in [-0.39, 0.29) is 23.5 Å². The summed E-state index contributed by atoms with van der Waals surface area (Å²) >= 11 is 0. The minimum Gasteiger partial charge on any atom is -0.494 e. The van der Waals surface area contributed by atoms with Gasteiger partial charge in [0.15, 0.2) is 18.8 Å². The fourth-order valence-electron chi connectivity index (χ4n) is 7.03. The van der Waals surface area contributed by atoms with Crippen molar-refractivity contribution < 1.29 is 28.8 Å². The van der Waals surface area contributed by atoms with Crippen LogP contribution in [0.4, 0.5) is 0 Å². The Labute approximate surface area is 212 Å². The summed E-state index contributed by atoms with van der Waals surface area (Å²) in [7, 11) is 3.06. The van der Waals surface area contributed by atoms with E-state index in [4.69, 9.17) is 18.9 Å². The lowest BCUT2D eigenvalue weighted by Crippen LogP contribution is -2.48. The molecule has 1 N–H and O–H groups in total. The van der Waals surface area contributed by atoms with Crippen LogP contribution in [0.5, 0.6) is 11.5 Å². The molecule has 4 fully saturated rings. The molecule has 4 saturated carbocycles. The van der Waals surface area contributed by atoms with Gasteiger partial charge in [-0.3, -0.25) is 0 Å². The normalized spacial score (nSPS) is 26.7. The van der Waals surface area contributed by atoms with Crippen molar-refractivity contribution >= 4 is 5.97 Å². The lowest BCUT2D eigenvalue weighted by molar-refractivity contribution is -0.150. The van der Waals surface area contributed by atoms with Crippen molar-refractivity contribution in [3.8, 4) is 23.3 Å². The number of hydrogen-bond donors (Lipinski definition) is 1. The SMILES string of the molecule is COc1c(C(=O)O)cc(C23CC4CC(CC(C4)C2)C3)c(OCOC(C)OC)c1C#Cc1ccccc1. The fourth-order valence-corrected chi connectivity index (χ4v) is 7.03. The highest BCUT2D eigenvalue weighted by atomic mass is 16.7. The maximum atomic E-state index is 12.4. The molecular weight excluding hydrogens is 456 g/mol. The monoisotopic (exact) mass is 490 g/mol. The van der Waals surface area contributed by atoms with Crippen molar-refractivity contribution in [2.75, 3.05) is 21.0 Å². The van der Waals surface area contributed by atoms with Crippen LogP contribution in [0.25, 0.3) is 0 Å². The van der Waals surface area contributed by atoms with Gasteiger partial charge in [-0.25, -0.2) is 4.79 Å². The summed E-state index contributed by atoms with van der Waals surface area (Å²) in [5.74, 6) is 8.21. The van der Waals surface area contributed by atoms with Gasteiger partial charge in [-0.15, -0.1) is 0 Å². The van der Waals surface area contributed by atoms with E-state index in [1.807, 2.05) is 30.3 Å². The summed E-state index contributed by atoms with van der Waals surface area (Å²) in [6.07, 6.45) is 6.59. The predicted octanol–water partition coefficient (Wildman–Crippen LogP) is 5.61. The van der Waals surface area contributed by atoms with Gasteiger partial charge < -0.3 is 24.1 Å². The second kappa shape index (κ2) is 10.2. The van der Waals surface area contributed by atoms with Gasteiger partial charge in [0, 0.05) is 18.2 Å². The van der Waals surface area contributed by atoms with Crippen molar-refractivity contribution in [2.24, 2.45) is 17.8 Å². The number of aromatic carboxylic acids is 1. The molecule has 0 saturated heterocycles. The minimum atomic E-state index is -1.03. The first-order chi connectivity index (χ1) is 17.4. The summed E-state index contributed by atoms with van der Waals surface area (Å²) in [5.41, 5.74) is 2.23. The van der Waals surface area contributed by atoms with E-state index in [0.29, 0.717) is 29.1 Å². The Bertz CT molecular complexity index is 1140. The minimum absolute atomic E-state index is 0.0377. The molecule has 6 heteroatoms. The Morgan fingerprint density at radius 3 is 2.22 bits per heavy atom. The van der Waals surface area contributed by atoms with Gasteiger partial charge in [0.25, 0.3) is 0 Å². The van der Waals surface area contributed by atoms with Crippen molar-refractivity contribution in [1.29, 1.82) is 0 Å². The van der Waals surface area contributed by atoms with Gasteiger partial charge >= 0.3 is 5.97 Å². The number of ether oxygens (including phenoxy) is 4. The highest BCUT2D eigenvalue weighted by Gasteiger charge is 2.53. The van der Waals surface area contributed by atoms with Crippen LogP contribution < -0.4 is 9.47 Å². The molecule has 0 radical (unpaired) electrons. The Morgan fingerprint density at radius 2 is 1.67 bits per heavy atom. The third-order valence-electron chi connectivity index (χ3n) is 8.22. The number of hydrogen-bond acceptors (Lipinski definition) is 5. The van der Waals surface area contributed by atoms with Crippen LogP contribution >= 0.6 is 0 Å². The lowest BCUT2D eigenvalue weighted by atomic mass is 9.48. The zero-order chi connectivity index (χ0) is 25.3. The van der Waals surface area contributed by atoms with Gasteiger partial charge in [-0.2, -0.15) is 0 Å². The molecule has 0 heterocycles. The number of rotatable bonds is 8. The molecule has 4 aliphatic carbocycles. The lowest BCUT2D eigenvalue weighted by Gasteiger charge is -2.57. The van der Waals surface area contributed by atoms with Crippen LogP contribution in [0.1, 0.15) is 72.5 Å². The molecule has 0 amide bonds. The van der Waals surface area contributed by atoms with E-state index in [1.54, 1.807) is 20.1 Å². The molecule has 36 heavy (non-hydrogen) atoms. The first kappa shape index (κ1) is 24.7. The summed E-state index contributed by atoms with van der Waals surface area (Å²) in [6, 6.07) is 11.4. The van der Waals surface area contributed by atoms with Crippen LogP contribution in [0.15, 0.2) is 36.4 Å². The molecule has 0 aliphatic heterocycles. The highest BCUT2D eigenvalue weighted by molar-refractivity contribution is 5.93. The molecule has 1 unspecified atom stereocenters. The average molecular weight is 491 g/mol. The van der Waals surface area contributed by atoms with Crippen LogP contribution in [-0.4, -0.2) is 38.4 Å². The summed E-state index contributed by atoms with van der Waals surface area (Å²) in [6.45, 7) is 1.76. The standard InChI is InChI=1S/C30H34O6/c1-19(33-2)35-18-36-28-24(10-9-20-7-5-4-6-8-20)27(34-3)25(29(31)32)14-26(28)30-15-21-11-22(16-30)13-23(12-21)17-30/h4-8,14,19,21-23H,11-13,15-18H2,1-3H3,(H,31,32). The van der Waals surface area contributed by atoms with E-state index < -0.39 is 12.3 Å². The van der Waals surface area contributed by atoms with Gasteiger partial charge in [-0.05, 0) is 86.8 Å². The van der Waals surface area contributed by atoms with Gasteiger partial charge in [0.05, 0.1) is 7.11 Å². The maximum Gasteiger partial charge on any atom is 0.339 e. The molecule has 4 bridgehead atoms. The van der Waals surface area contributed by atoms with Crippen molar-refractivity contribution in [3.05, 3.63) is 58.7 Å². The number of carboxylic acids is 1. The van der Waals surface area contributed by atoms with Gasteiger partial charge in [0.2, 0.25) is 0 Å². The van der Waals surface area contributed by atoms with E-state index in [0.717, 1.165) is 30.4 Å². The second-order valence-electron chi connectivity index (χ2n) is 10.6. The van der Waals surface area contributed by atoms with Crippen molar-refractivity contribution in [2.45, 2.75) is 57.2 Å². The van der Waals surface area contributed by atoms with Crippen LogP contribution in [0.2, 0.25) is 0 Å². The molecule has 6 nitrogen and oxygen atoms in total. The van der Waals surface area contributed by atoms with Crippen LogP contribution in [0, 0.1) is 29.6 Å². The Hall–Kier alpha value is -3.01. The fraction of sp³-hybridized carbons (Fsp3) is 0.500. The Balaban J connectivity index is 1.68. The topological polar surface area (TPSA) is 74.2 Å². The third kappa shape index (κ3) is 4.70. The highest BCUT2D eigenvalue weighted by Crippen LogP contribution is 2.62. The molecular formula is C30H34O6. The zero-order valence-corrected chi connectivity index (χ0v) is 21.2. The van der Waals surface area contributed by atoms with Crippen molar-refractivity contribution in [1.82, 2.24) is 0 Å². The first-order valence-corrected chi connectivity index (χ1v) is 12.8. The summed E-state index contributed by atoms with van der Waals surface area (Å²) < 4.78 is 22.9. The first-order valence-electron chi connectivity index (χ1n) is 12.8. The molecule has 190 valence electrons. The van der Waals surface area contributed by atoms with Crippen molar-refractivity contribution in [3.63, 3.8) is 0 Å². The quantitative estimate of drug-likeness (QED) is 0.383. The number of methoxy groups -OCH3 is 2. The largest absolute Gasteiger partial charge is 0.494 e. The van der Waals surface area contributed by atoms with E-state index in [2.05, 4.69) is 11.8 Å². The van der Waals surface area contributed by atoms with Gasteiger partial charge in [-0.1, -0.05) is 30.0 Å². The summed E-state index contributed by atoms with van der Waals surface area (Å²) in [4.78, 5) is 12.4. The Morgan fingerprint density at radius 1 is 1.03 bits per heavy atom. The molecule has 0 aromatic heterocycles. The van der Waals surface area contributed by atoms with E-state index >= 15 is 0 Å². The van der Waals surface area contributed by atoms with E-state index in [9.17, 15) is 9.90 Å².